The third-order valence-corrected chi connectivity index (χ3v) is 3.07. The molecule has 2 rings (SSSR count). The summed E-state index contributed by atoms with van der Waals surface area (Å²) in [6.45, 7) is 2.53. The van der Waals surface area contributed by atoms with E-state index in [1.165, 1.54) is 12.1 Å². The van der Waals surface area contributed by atoms with Gasteiger partial charge in [0.2, 0.25) is 0 Å². The molecular weight excluding hydrogens is 245 g/mol. The molecule has 0 amide bonds. The summed E-state index contributed by atoms with van der Waals surface area (Å²) in [6, 6.07) is 5.77. The molecule has 0 bridgehead atoms. The highest BCUT2D eigenvalue weighted by molar-refractivity contribution is 5.19. The number of aryl methyl sites for hydroxylation is 1. The summed E-state index contributed by atoms with van der Waals surface area (Å²) in [4.78, 5) is 0. The van der Waals surface area contributed by atoms with E-state index >= 15 is 0 Å². The number of aliphatic hydroxyl groups excluding tert-OH is 1. The van der Waals surface area contributed by atoms with Crippen LogP contribution < -0.4 is 5.32 Å². The second kappa shape index (κ2) is 5.95. The van der Waals surface area contributed by atoms with Crippen LogP contribution in [-0.2, 0) is 13.6 Å². The summed E-state index contributed by atoms with van der Waals surface area (Å²) in [7, 11) is 1.86. The molecule has 0 saturated heterocycles. The minimum atomic E-state index is -0.669. The number of benzene rings is 1. The van der Waals surface area contributed by atoms with Crippen LogP contribution in [0.25, 0.3) is 0 Å². The van der Waals surface area contributed by atoms with Gasteiger partial charge in [-0.1, -0.05) is 12.1 Å². The number of rotatable bonds is 5. The van der Waals surface area contributed by atoms with E-state index in [1.807, 2.05) is 20.2 Å². The van der Waals surface area contributed by atoms with E-state index in [2.05, 4.69) is 10.4 Å². The molecule has 0 radical (unpaired) electrons. The molecule has 1 aromatic heterocycles. The van der Waals surface area contributed by atoms with Gasteiger partial charge in [-0.05, 0) is 24.6 Å². The van der Waals surface area contributed by atoms with Crippen molar-refractivity contribution < 1.29 is 9.50 Å². The summed E-state index contributed by atoms with van der Waals surface area (Å²) in [5.74, 6) is -0.299. The fourth-order valence-corrected chi connectivity index (χ4v) is 1.90. The molecule has 0 saturated carbocycles. The first-order valence-electron chi connectivity index (χ1n) is 6.20. The van der Waals surface area contributed by atoms with Crippen molar-refractivity contribution in [3.8, 4) is 0 Å². The highest BCUT2D eigenvalue weighted by atomic mass is 19.1. The van der Waals surface area contributed by atoms with Crippen molar-refractivity contribution in [3.05, 3.63) is 53.6 Å². The molecule has 0 spiro atoms. The number of halogens is 1. The number of hydrogen-bond acceptors (Lipinski definition) is 3. The topological polar surface area (TPSA) is 50.1 Å². The van der Waals surface area contributed by atoms with Gasteiger partial charge in [0.05, 0.1) is 12.3 Å². The Kier molecular flexibility index (Phi) is 4.29. The predicted octanol–water partition coefficient (Wildman–Crippen LogP) is 1.77. The van der Waals surface area contributed by atoms with Crippen molar-refractivity contribution in [2.45, 2.75) is 25.6 Å². The van der Waals surface area contributed by atoms with Crippen molar-refractivity contribution in [1.82, 2.24) is 15.1 Å². The van der Waals surface area contributed by atoms with Crippen LogP contribution in [0.1, 0.15) is 24.2 Å². The van der Waals surface area contributed by atoms with Crippen molar-refractivity contribution >= 4 is 0 Å². The van der Waals surface area contributed by atoms with Gasteiger partial charge < -0.3 is 10.4 Å². The van der Waals surface area contributed by atoms with E-state index in [9.17, 15) is 9.50 Å². The van der Waals surface area contributed by atoms with Gasteiger partial charge in [0.25, 0.3) is 0 Å². The molecule has 5 heteroatoms. The van der Waals surface area contributed by atoms with E-state index < -0.39 is 6.10 Å². The van der Waals surface area contributed by atoms with E-state index in [1.54, 1.807) is 23.0 Å². The van der Waals surface area contributed by atoms with Crippen LogP contribution in [0, 0.1) is 5.82 Å². The van der Waals surface area contributed by atoms with E-state index in [0.717, 1.165) is 5.56 Å². The standard InChI is InChI=1S/C14H18FN3O/c1-10(16-7-11-8-17-18(2)9-11)14(19)12-3-5-13(15)6-4-12/h3-6,8-10,14,16,19H,7H2,1-2H3. The van der Waals surface area contributed by atoms with Gasteiger partial charge in [0.1, 0.15) is 5.82 Å². The molecule has 102 valence electrons. The first-order chi connectivity index (χ1) is 9.06. The van der Waals surface area contributed by atoms with Gasteiger partial charge in [0, 0.05) is 31.4 Å². The van der Waals surface area contributed by atoms with Crippen LogP contribution in [0.5, 0.6) is 0 Å². The van der Waals surface area contributed by atoms with Gasteiger partial charge in [-0.2, -0.15) is 5.10 Å². The van der Waals surface area contributed by atoms with Crippen molar-refractivity contribution in [2.75, 3.05) is 0 Å². The second-order valence-corrected chi connectivity index (χ2v) is 4.69. The van der Waals surface area contributed by atoms with Gasteiger partial charge in [-0.3, -0.25) is 4.68 Å². The van der Waals surface area contributed by atoms with Gasteiger partial charge in [-0.25, -0.2) is 4.39 Å². The molecule has 4 nitrogen and oxygen atoms in total. The van der Waals surface area contributed by atoms with Crippen molar-refractivity contribution in [3.63, 3.8) is 0 Å². The summed E-state index contributed by atoms with van der Waals surface area (Å²) in [6.07, 6.45) is 3.03. The zero-order valence-electron chi connectivity index (χ0n) is 11.0. The summed E-state index contributed by atoms with van der Waals surface area (Å²) in [5, 5.41) is 17.5. The zero-order valence-corrected chi connectivity index (χ0v) is 11.0. The van der Waals surface area contributed by atoms with Crippen LogP contribution in [0.2, 0.25) is 0 Å². The molecule has 0 aliphatic heterocycles. The number of aromatic nitrogens is 2. The SMILES string of the molecule is CC(NCc1cnn(C)c1)C(O)c1ccc(F)cc1. The Balaban J connectivity index is 1.92. The van der Waals surface area contributed by atoms with Crippen molar-refractivity contribution in [2.24, 2.45) is 7.05 Å². The summed E-state index contributed by atoms with van der Waals surface area (Å²) < 4.78 is 14.6. The lowest BCUT2D eigenvalue weighted by Gasteiger charge is -2.20. The Hall–Kier alpha value is -1.72. The highest BCUT2D eigenvalue weighted by Crippen LogP contribution is 2.17. The number of aliphatic hydroxyl groups is 1. The van der Waals surface area contributed by atoms with E-state index in [-0.39, 0.29) is 11.9 Å². The molecule has 1 aromatic carbocycles. The minimum absolute atomic E-state index is 0.134. The maximum absolute atomic E-state index is 12.8. The van der Waals surface area contributed by atoms with E-state index in [4.69, 9.17) is 0 Å². The molecule has 2 unspecified atom stereocenters. The van der Waals surface area contributed by atoms with Gasteiger partial charge in [0.15, 0.2) is 0 Å². The predicted molar refractivity (Wildman–Crippen MR) is 70.9 cm³/mol. The van der Waals surface area contributed by atoms with Crippen LogP contribution in [0.15, 0.2) is 36.7 Å². The maximum atomic E-state index is 12.8. The molecule has 1 heterocycles. The minimum Gasteiger partial charge on any atom is -0.387 e. The van der Waals surface area contributed by atoms with Crippen LogP contribution in [0.4, 0.5) is 4.39 Å². The Bertz CT molecular complexity index is 524. The lowest BCUT2D eigenvalue weighted by atomic mass is 10.0. The fraction of sp³-hybridized carbons (Fsp3) is 0.357. The molecule has 2 aromatic rings. The Morgan fingerprint density at radius 3 is 2.63 bits per heavy atom. The molecule has 2 N–H and O–H groups in total. The summed E-state index contributed by atoms with van der Waals surface area (Å²) >= 11 is 0. The Morgan fingerprint density at radius 1 is 1.37 bits per heavy atom. The lowest BCUT2D eigenvalue weighted by Crippen LogP contribution is -2.31. The lowest BCUT2D eigenvalue weighted by molar-refractivity contribution is 0.135. The fourth-order valence-electron chi connectivity index (χ4n) is 1.90. The molecule has 0 aliphatic rings. The highest BCUT2D eigenvalue weighted by Gasteiger charge is 2.15. The monoisotopic (exact) mass is 263 g/mol. The number of nitrogens with zero attached hydrogens (tertiary/aromatic N) is 2. The normalized spacial score (nSPS) is 14.3. The molecule has 19 heavy (non-hydrogen) atoms. The quantitative estimate of drug-likeness (QED) is 0.864. The average molecular weight is 263 g/mol. The average Bonchev–Trinajstić information content (AvgIpc) is 2.82. The van der Waals surface area contributed by atoms with Crippen LogP contribution in [0.3, 0.4) is 0 Å². The number of hydrogen-bond donors (Lipinski definition) is 2. The van der Waals surface area contributed by atoms with Gasteiger partial charge in [-0.15, -0.1) is 0 Å². The van der Waals surface area contributed by atoms with E-state index in [0.29, 0.717) is 12.1 Å². The first-order valence-corrected chi connectivity index (χ1v) is 6.20. The molecule has 0 aliphatic carbocycles. The number of nitrogens with one attached hydrogen (secondary N) is 1. The zero-order chi connectivity index (χ0) is 13.8. The largest absolute Gasteiger partial charge is 0.387 e. The summed E-state index contributed by atoms with van der Waals surface area (Å²) in [5.41, 5.74) is 1.76. The molecule has 2 atom stereocenters. The Labute approximate surface area is 111 Å². The third kappa shape index (κ3) is 3.62. The maximum Gasteiger partial charge on any atom is 0.123 e. The van der Waals surface area contributed by atoms with Crippen LogP contribution in [-0.4, -0.2) is 20.9 Å². The smallest absolute Gasteiger partial charge is 0.123 e. The third-order valence-electron chi connectivity index (χ3n) is 3.07. The van der Waals surface area contributed by atoms with Crippen LogP contribution >= 0.6 is 0 Å². The molecular formula is C14H18FN3O. The Morgan fingerprint density at radius 2 is 2.05 bits per heavy atom. The molecule has 0 fully saturated rings. The van der Waals surface area contributed by atoms with Gasteiger partial charge >= 0.3 is 0 Å². The second-order valence-electron chi connectivity index (χ2n) is 4.69. The first kappa shape index (κ1) is 13.7. The van der Waals surface area contributed by atoms with Crippen molar-refractivity contribution in [1.29, 1.82) is 0 Å².